The molecule has 19 heavy (non-hydrogen) atoms. The van der Waals surface area contributed by atoms with Gasteiger partial charge in [0.1, 0.15) is 0 Å². The average molecular weight is 317 g/mol. The number of rotatable bonds is 2. The number of hydrogen-bond acceptors (Lipinski definition) is 2. The predicted molar refractivity (Wildman–Crippen MR) is 77.5 cm³/mol. The van der Waals surface area contributed by atoms with Gasteiger partial charge >= 0.3 is 0 Å². The van der Waals surface area contributed by atoms with Gasteiger partial charge in [0.2, 0.25) is 0 Å². The van der Waals surface area contributed by atoms with E-state index in [-0.39, 0.29) is 21.7 Å². The molecule has 0 aliphatic rings. The van der Waals surface area contributed by atoms with Crippen LogP contribution in [0.25, 0.3) is 0 Å². The number of phenolic OH excluding ortho intramolecular Hbond substituents is 1. The molecule has 0 saturated carbocycles. The molecule has 0 spiro atoms. The molecule has 2 aromatic rings. The maximum atomic E-state index is 12.0. The number of anilines is 1. The monoisotopic (exact) mass is 315 g/mol. The summed E-state index contributed by atoms with van der Waals surface area (Å²) < 4.78 is 0. The van der Waals surface area contributed by atoms with Crippen LogP contribution in [-0.4, -0.2) is 11.0 Å². The zero-order valence-electron chi connectivity index (χ0n) is 9.45. The number of amides is 1. The molecule has 0 unspecified atom stereocenters. The van der Waals surface area contributed by atoms with Gasteiger partial charge in [0, 0.05) is 16.3 Å². The van der Waals surface area contributed by atoms with Crippen molar-refractivity contribution >= 4 is 46.4 Å². The highest BCUT2D eigenvalue weighted by atomic mass is 35.5. The van der Waals surface area contributed by atoms with Crippen LogP contribution in [0.2, 0.25) is 15.1 Å². The Hall–Kier alpha value is -1.42. The minimum absolute atomic E-state index is 0.0638. The Bertz CT molecular complexity index is 621. The molecule has 1 amide bonds. The average Bonchev–Trinajstić information content (AvgIpc) is 2.36. The summed E-state index contributed by atoms with van der Waals surface area (Å²) in [4.78, 5) is 12.0. The van der Waals surface area contributed by atoms with Gasteiger partial charge in [0.25, 0.3) is 5.91 Å². The van der Waals surface area contributed by atoms with Crippen LogP contribution in [0.15, 0.2) is 36.4 Å². The molecule has 0 bridgehead atoms. The van der Waals surface area contributed by atoms with Crippen molar-refractivity contribution in [1.82, 2.24) is 0 Å². The third kappa shape index (κ3) is 3.32. The van der Waals surface area contributed by atoms with Crippen molar-refractivity contribution in [3.05, 3.63) is 57.0 Å². The topological polar surface area (TPSA) is 49.3 Å². The summed E-state index contributed by atoms with van der Waals surface area (Å²) in [5, 5.41) is 12.6. The van der Waals surface area contributed by atoms with Gasteiger partial charge in [-0.2, -0.15) is 0 Å². The number of carbonyl (C=O) groups is 1. The van der Waals surface area contributed by atoms with Gasteiger partial charge in [0.05, 0.1) is 10.0 Å². The van der Waals surface area contributed by atoms with E-state index in [1.165, 1.54) is 12.1 Å². The lowest BCUT2D eigenvalue weighted by Crippen LogP contribution is -2.11. The van der Waals surface area contributed by atoms with Gasteiger partial charge in [-0.05, 0) is 30.3 Å². The van der Waals surface area contributed by atoms with Crippen molar-refractivity contribution in [3.8, 4) is 5.75 Å². The number of hydrogen-bond donors (Lipinski definition) is 2. The van der Waals surface area contributed by atoms with Crippen molar-refractivity contribution in [1.29, 1.82) is 0 Å². The van der Waals surface area contributed by atoms with Gasteiger partial charge in [-0.25, -0.2) is 0 Å². The SMILES string of the molecule is O=C(Nc1cc(Cl)c(O)c(Cl)c1)c1cccc(Cl)c1. The smallest absolute Gasteiger partial charge is 0.255 e. The summed E-state index contributed by atoms with van der Waals surface area (Å²) in [6.45, 7) is 0. The highest BCUT2D eigenvalue weighted by molar-refractivity contribution is 6.37. The van der Waals surface area contributed by atoms with E-state index in [1.807, 2.05) is 0 Å². The molecular weight excluding hydrogens is 309 g/mol. The molecule has 0 radical (unpaired) electrons. The first-order valence-corrected chi connectivity index (χ1v) is 6.35. The van der Waals surface area contributed by atoms with Crippen molar-refractivity contribution in [2.75, 3.05) is 5.32 Å². The van der Waals surface area contributed by atoms with E-state index in [2.05, 4.69) is 5.32 Å². The quantitative estimate of drug-likeness (QED) is 0.795. The zero-order valence-corrected chi connectivity index (χ0v) is 11.7. The maximum absolute atomic E-state index is 12.0. The number of halogens is 3. The van der Waals surface area contributed by atoms with Crippen LogP contribution in [0.3, 0.4) is 0 Å². The van der Waals surface area contributed by atoms with Crippen LogP contribution in [0.4, 0.5) is 5.69 Å². The van der Waals surface area contributed by atoms with Crippen LogP contribution in [0.1, 0.15) is 10.4 Å². The lowest BCUT2D eigenvalue weighted by molar-refractivity contribution is 0.102. The largest absolute Gasteiger partial charge is 0.505 e. The molecule has 0 saturated heterocycles. The van der Waals surface area contributed by atoms with Gasteiger partial charge in [-0.1, -0.05) is 40.9 Å². The standard InChI is InChI=1S/C13H8Cl3NO2/c14-8-3-1-2-7(4-8)13(19)17-9-5-10(15)12(18)11(16)6-9/h1-6,18H,(H,17,19). The Morgan fingerprint density at radius 3 is 2.26 bits per heavy atom. The summed E-state index contributed by atoms with van der Waals surface area (Å²) in [6.07, 6.45) is 0. The van der Waals surface area contributed by atoms with Gasteiger partial charge < -0.3 is 10.4 Å². The molecule has 0 fully saturated rings. The Kier molecular flexibility index (Phi) is 4.20. The van der Waals surface area contributed by atoms with Gasteiger partial charge in [-0.15, -0.1) is 0 Å². The minimum atomic E-state index is -0.347. The molecule has 2 N–H and O–H groups in total. The third-order valence-electron chi connectivity index (χ3n) is 2.36. The minimum Gasteiger partial charge on any atom is -0.505 e. The number of nitrogens with one attached hydrogen (secondary N) is 1. The van der Waals surface area contributed by atoms with E-state index in [0.717, 1.165) is 0 Å². The Morgan fingerprint density at radius 1 is 1.05 bits per heavy atom. The summed E-state index contributed by atoms with van der Waals surface area (Å²) >= 11 is 17.3. The third-order valence-corrected chi connectivity index (χ3v) is 3.17. The number of benzene rings is 2. The zero-order chi connectivity index (χ0) is 14.0. The second kappa shape index (κ2) is 5.70. The van der Waals surface area contributed by atoms with E-state index in [1.54, 1.807) is 24.3 Å². The normalized spacial score (nSPS) is 10.3. The molecule has 2 rings (SSSR count). The summed E-state index contributed by atoms with van der Waals surface area (Å²) in [5.41, 5.74) is 0.797. The first-order valence-electron chi connectivity index (χ1n) is 5.22. The molecule has 0 atom stereocenters. The van der Waals surface area contributed by atoms with Gasteiger partial charge in [0.15, 0.2) is 5.75 Å². The lowest BCUT2D eigenvalue weighted by atomic mass is 10.2. The van der Waals surface area contributed by atoms with Crippen LogP contribution >= 0.6 is 34.8 Å². The lowest BCUT2D eigenvalue weighted by Gasteiger charge is -2.08. The molecule has 0 heterocycles. The van der Waals surface area contributed by atoms with Crippen molar-refractivity contribution in [2.24, 2.45) is 0 Å². The first kappa shape index (κ1) is 14.0. The van der Waals surface area contributed by atoms with Gasteiger partial charge in [-0.3, -0.25) is 4.79 Å². The van der Waals surface area contributed by atoms with Crippen LogP contribution < -0.4 is 5.32 Å². The second-order valence-electron chi connectivity index (χ2n) is 3.75. The predicted octanol–water partition coefficient (Wildman–Crippen LogP) is 4.60. The molecule has 0 aliphatic heterocycles. The van der Waals surface area contributed by atoms with E-state index in [0.29, 0.717) is 16.3 Å². The summed E-state index contributed by atoms with van der Waals surface area (Å²) in [5.74, 6) is -0.565. The van der Waals surface area contributed by atoms with Crippen molar-refractivity contribution in [2.45, 2.75) is 0 Å². The van der Waals surface area contributed by atoms with Crippen molar-refractivity contribution < 1.29 is 9.90 Å². The fraction of sp³-hybridized carbons (Fsp3) is 0. The molecule has 2 aromatic carbocycles. The van der Waals surface area contributed by atoms with E-state index in [9.17, 15) is 9.90 Å². The molecule has 0 aromatic heterocycles. The highest BCUT2D eigenvalue weighted by Gasteiger charge is 2.10. The van der Waals surface area contributed by atoms with E-state index in [4.69, 9.17) is 34.8 Å². The molecule has 0 aliphatic carbocycles. The summed E-state index contributed by atoms with van der Waals surface area (Å²) in [6, 6.07) is 9.34. The highest BCUT2D eigenvalue weighted by Crippen LogP contribution is 2.34. The Labute approximate surface area is 124 Å². The summed E-state index contributed by atoms with van der Waals surface area (Å²) in [7, 11) is 0. The second-order valence-corrected chi connectivity index (χ2v) is 5.00. The molecule has 6 heteroatoms. The molecule has 3 nitrogen and oxygen atoms in total. The van der Waals surface area contributed by atoms with E-state index >= 15 is 0 Å². The fourth-order valence-corrected chi connectivity index (χ4v) is 2.15. The van der Waals surface area contributed by atoms with Crippen LogP contribution in [0, 0.1) is 0 Å². The Balaban J connectivity index is 2.24. The Morgan fingerprint density at radius 2 is 1.68 bits per heavy atom. The van der Waals surface area contributed by atoms with E-state index < -0.39 is 0 Å². The fourth-order valence-electron chi connectivity index (χ4n) is 1.47. The molecule has 98 valence electrons. The van der Waals surface area contributed by atoms with Crippen molar-refractivity contribution in [3.63, 3.8) is 0 Å². The van der Waals surface area contributed by atoms with Crippen LogP contribution in [-0.2, 0) is 0 Å². The number of carbonyl (C=O) groups excluding carboxylic acids is 1. The first-order chi connectivity index (χ1) is 8.97. The maximum Gasteiger partial charge on any atom is 0.255 e. The molecular formula is C13H8Cl3NO2. The number of aromatic hydroxyl groups is 1. The number of phenols is 1. The van der Waals surface area contributed by atoms with Crippen LogP contribution in [0.5, 0.6) is 5.75 Å².